The van der Waals surface area contributed by atoms with E-state index in [1.807, 2.05) is 66.9 Å². The van der Waals surface area contributed by atoms with Crippen molar-refractivity contribution in [3.63, 3.8) is 0 Å². The van der Waals surface area contributed by atoms with Crippen LogP contribution in [0.15, 0.2) is 71.9 Å². The molecule has 1 amide bonds. The van der Waals surface area contributed by atoms with Crippen LogP contribution in [0.25, 0.3) is 5.69 Å². The minimum atomic E-state index is -0.189. The smallest absolute Gasteiger partial charge is 0.234 e. The molecule has 0 aliphatic carbocycles. The van der Waals surface area contributed by atoms with Gasteiger partial charge >= 0.3 is 0 Å². The Labute approximate surface area is 224 Å². The van der Waals surface area contributed by atoms with Gasteiger partial charge < -0.3 is 15.4 Å². The van der Waals surface area contributed by atoms with Crippen molar-refractivity contribution in [2.45, 2.75) is 25.5 Å². The van der Waals surface area contributed by atoms with Gasteiger partial charge in [0.25, 0.3) is 0 Å². The van der Waals surface area contributed by atoms with E-state index < -0.39 is 0 Å². The molecule has 10 heteroatoms. The topological polar surface area (TPSA) is 81.1 Å². The summed E-state index contributed by atoms with van der Waals surface area (Å²) in [5.74, 6) is 1.51. The van der Waals surface area contributed by atoms with Crippen molar-refractivity contribution in [2.75, 3.05) is 23.0 Å². The molecule has 0 aliphatic rings. The predicted molar refractivity (Wildman–Crippen MR) is 147 cm³/mol. The third-order valence-electron chi connectivity index (χ3n) is 5.14. The minimum absolute atomic E-state index is 0.149. The van der Waals surface area contributed by atoms with Gasteiger partial charge in [0, 0.05) is 17.1 Å². The Hall–Kier alpha value is -3.20. The number of nitrogens with one attached hydrogen (secondary N) is 2. The predicted octanol–water partition coefficient (Wildman–Crippen LogP) is 6.62. The lowest BCUT2D eigenvalue weighted by atomic mass is 10.2. The van der Waals surface area contributed by atoms with Gasteiger partial charge in [-0.05, 0) is 68.4 Å². The zero-order valence-electron chi connectivity index (χ0n) is 19.8. The van der Waals surface area contributed by atoms with Crippen LogP contribution in [0, 0.1) is 6.92 Å². The molecular formula is C26H25Cl2N5O2S. The molecule has 4 aromatic rings. The molecule has 0 spiro atoms. The maximum atomic E-state index is 12.6. The van der Waals surface area contributed by atoms with Gasteiger partial charge in [-0.2, -0.15) is 0 Å². The van der Waals surface area contributed by atoms with Crippen LogP contribution in [-0.2, 0) is 11.3 Å². The van der Waals surface area contributed by atoms with Crippen LogP contribution in [0.4, 0.5) is 11.4 Å². The second-order valence-electron chi connectivity index (χ2n) is 7.85. The number of aromatic nitrogens is 3. The summed E-state index contributed by atoms with van der Waals surface area (Å²) in [6.07, 6.45) is 0. The lowest BCUT2D eigenvalue weighted by Crippen LogP contribution is -2.15. The number of nitrogens with zero attached hydrogens (tertiary/aromatic N) is 3. The number of amides is 1. The first-order chi connectivity index (χ1) is 17.4. The fourth-order valence-corrected chi connectivity index (χ4v) is 4.45. The number of anilines is 2. The first-order valence-electron chi connectivity index (χ1n) is 11.3. The van der Waals surface area contributed by atoms with Crippen LogP contribution in [0.2, 0.25) is 10.0 Å². The Morgan fingerprint density at radius 2 is 1.69 bits per heavy atom. The van der Waals surface area contributed by atoms with Crippen molar-refractivity contribution >= 4 is 52.2 Å². The Balaban J connectivity index is 1.48. The molecular weight excluding hydrogens is 517 g/mol. The normalized spacial score (nSPS) is 10.8. The van der Waals surface area contributed by atoms with Gasteiger partial charge in [0.2, 0.25) is 5.91 Å². The van der Waals surface area contributed by atoms with Crippen LogP contribution >= 0.6 is 35.0 Å². The number of thioether (sulfide) groups is 1. The second kappa shape index (κ2) is 12.2. The van der Waals surface area contributed by atoms with Gasteiger partial charge in [0.1, 0.15) is 5.75 Å². The zero-order valence-corrected chi connectivity index (χ0v) is 22.1. The molecule has 186 valence electrons. The highest BCUT2D eigenvalue weighted by atomic mass is 35.5. The summed E-state index contributed by atoms with van der Waals surface area (Å²) in [5.41, 5.74) is 3.58. The highest BCUT2D eigenvalue weighted by Crippen LogP contribution is 2.26. The number of aryl methyl sites for hydroxylation is 1. The van der Waals surface area contributed by atoms with Crippen molar-refractivity contribution < 1.29 is 9.53 Å². The summed E-state index contributed by atoms with van der Waals surface area (Å²) in [6.45, 7) is 5.06. The first kappa shape index (κ1) is 25.9. The average molecular weight is 542 g/mol. The fourth-order valence-electron chi connectivity index (χ4n) is 3.38. The number of hydrogen-bond acceptors (Lipinski definition) is 6. The summed E-state index contributed by atoms with van der Waals surface area (Å²) in [6, 6.07) is 20.8. The monoisotopic (exact) mass is 541 g/mol. The van der Waals surface area contributed by atoms with Crippen molar-refractivity contribution in [3.8, 4) is 11.4 Å². The Morgan fingerprint density at radius 3 is 2.39 bits per heavy atom. The number of benzene rings is 3. The van der Waals surface area contributed by atoms with Crippen LogP contribution < -0.4 is 15.4 Å². The molecule has 1 aromatic heterocycles. The fraction of sp³-hybridized carbons (Fsp3) is 0.192. The van der Waals surface area contributed by atoms with E-state index in [0.717, 1.165) is 28.5 Å². The van der Waals surface area contributed by atoms with E-state index >= 15 is 0 Å². The molecule has 0 unspecified atom stereocenters. The van der Waals surface area contributed by atoms with Gasteiger partial charge in [-0.1, -0.05) is 52.7 Å². The van der Waals surface area contributed by atoms with Crippen LogP contribution in [-0.4, -0.2) is 33.0 Å². The van der Waals surface area contributed by atoms with Gasteiger partial charge in [-0.15, -0.1) is 10.2 Å². The van der Waals surface area contributed by atoms with E-state index in [9.17, 15) is 4.79 Å². The molecule has 0 radical (unpaired) electrons. The highest BCUT2D eigenvalue weighted by molar-refractivity contribution is 7.99. The standard InChI is InChI=1S/C26H25Cl2N5O2S/c1-3-35-21-11-6-18(7-12-21)29-15-24-31-32-26(33(24)20-9-4-17(2)5-10-20)36-16-25(34)30-19-8-13-22(27)23(28)14-19/h4-14,29H,3,15-16H2,1-2H3,(H,30,34). The number of halogens is 2. The summed E-state index contributed by atoms with van der Waals surface area (Å²) in [5, 5.41) is 16.4. The number of carbonyl (C=O) groups excluding carboxylic acids is 1. The van der Waals surface area contributed by atoms with Crippen molar-refractivity contribution in [3.05, 3.63) is 88.2 Å². The first-order valence-corrected chi connectivity index (χ1v) is 13.0. The minimum Gasteiger partial charge on any atom is -0.494 e. The molecule has 7 nitrogen and oxygen atoms in total. The summed E-state index contributed by atoms with van der Waals surface area (Å²) in [4.78, 5) is 12.6. The number of ether oxygens (including phenoxy) is 1. The molecule has 0 saturated carbocycles. The molecule has 0 aliphatic heterocycles. The van der Waals surface area contributed by atoms with Crippen LogP contribution in [0.3, 0.4) is 0 Å². The third kappa shape index (κ3) is 6.72. The number of carbonyl (C=O) groups is 1. The van der Waals surface area contributed by atoms with Crippen LogP contribution in [0.5, 0.6) is 5.75 Å². The molecule has 36 heavy (non-hydrogen) atoms. The third-order valence-corrected chi connectivity index (χ3v) is 6.81. The van der Waals surface area contributed by atoms with Gasteiger partial charge in [0.05, 0.1) is 28.9 Å². The quantitative estimate of drug-likeness (QED) is 0.219. The number of rotatable bonds is 10. The van der Waals surface area contributed by atoms with E-state index in [-0.39, 0.29) is 11.7 Å². The van der Waals surface area contributed by atoms with Crippen molar-refractivity contribution in [2.24, 2.45) is 0 Å². The lowest BCUT2D eigenvalue weighted by Gasteiger charge is -2.12. The van der Waals surface area contributed by atoms with Crippen molar-refractivity contribution in [1.82, 2.24) is 14.8 Å². The van der Waals surface area contributed by atoms with Crippen LogP contribution in [0.1, 0.15) is 18.3 Å². The molecule has 3 aromatic carbocycles. The summed E-state index contributed by atoms with van der Waals surface area (Å²) < 4.78 is 7.46. The summed E-state index contributed by atoms with van der Waals surface area (Å²) in [7, 11) is 0. The molecule has 0 saturated heterocycles. The molecule has 0 bridgehead atoms. The molecule has 4 rings (SSSR count). The Kier molecular flexibility index (Phi) is 8.74. The molecule has 1 heterocycles. The van der Waals surface area contributed by atoms with E-state index in [1.165, 1.54) is 11.8 Å². The second-order valence-corrected chi connectivity index (χ2v) is 9.60. The largest absolute Gasteiger partial charge is 0.494 e. The highest BCUT2D eigenvalue weighted by Gasteiger charge is 2.16. The Morgan fingerprint density at radius 1 is 0.972 bits per heavy atom. The van der Waals surface area contributed by atoms with E-state index in [4.69, 9.17) is 27.9 Å². The van der Waals surface area contributed by atoms with Gasteiger partial charge in [0.15, 0.2) is 11.0 Å². The SMILES string of the molecule is CCOc1ccc(NCc2nnc(SCC(=O)Nc3ccc(Cl)c(Cl)c3)n2-c2ccc(C)cc2)cc1. The van der Waals surface area contributed by atoms with E-state index in [2.05, 4.69) is 20.8 Å². The zero-order chi connectivity index (χ0) is 25.5. The van der Waals surface area contributed by atoms with Gasteiger partial charge in [-0.3, -0.25) is 9.36 Å². The van der Waals surface area contributed by atoms with Gasteiger partial charge in [-0.25, -0.2) is 0 Å². The van der Waals surface area contributed by atoms with E-state index in [0.29, 0.717) is 34.0 Å². The molecule has 0 fully saturated rings. The lowest BCUT2D eigenvalue weighted by molar-refractivity contribution is -0.113. The molecule has 2 N–H and O–H groups in total. The Bertz CT molecular complexity index is 1330. The number of hydrogen-bond donors (Lipinski definition) is 2. The van der Waals surface area contributed by atoms with Crippen molar-refractivity contribution in [1.29, 1.82) is 0 Å². The average Bonchev–Trinajstić information content (AvgIpc) is 3.28. The maximum absolute atomic E-state index is 12.6. The summed E-state index contributed by atoms with van der Waals surface area (Å²) >= 11 is 13.3. The van der Waals surface area contributed by atoms with E-state index in [1.54, 1.807) is 18.2 Å². The molecule has 0 atom stereocenters. The maximum Gasteiger partial charge on any atom is 0.234 e.